The largest absolute Gasteiger partial charge is 0.241 e. The topological polar surface area (TPSA) is 59.9 Å². The van der Waals surface area contributed by atoms with Gasteiger partial charge in [0.25, 0.3) is 0 Å². The van der Waals surface area contributed by atoms with E-state index in [1.54, 1.807) is 0 Å². The lowest BCUT2D eigenvalue weighted by Crippen LogP contribution is -2.00. The average Bonchev–Trinajstić information content (AvgIpc) is 2.17. The molecule has 7 heteroatoms. The minimum atomic E-state index is -3.41. The Morgan fingerprint density at radius 3 is 2.81 bits per heavy atom. The molecular formula is C9H13ClN2O2S2. The van der Waals surface area contributed by atoms with Crippen LogP contribution in [0.1, 0.15) is 19.0 Å². The van der Waals surface area contributed by atoms with Gasteiger partial charge < -0.3 is 0 Å². The van der Waals surface area contributed by atoms with E-state index in [4.69, 9.17) is 10.7 Å². The molecule has 0 aromatic carbocycles. The molecule has 0 saturated carbocycles. The molecule has 0 atom stereocenters. The predicted octanol–water partition coefficient (Wildman–Crippen LogP) is 2.09. The summed E-state index contributed by atoms with van der Waals surface area (Å²) in [5.74, 6) is 0.362. The van der Waals surface area contributed by atoms with Crippen LogP contribution in [0.4, 0.5) is 0 Å². The van der Waals surface area contributed by atoms with Crippen molar-refractivity contribution in [2.75, 3.05) is 11.5 Å². The summed E-state index contributed by atoms with van der Waals surface area (Å²) >= 11 is 1.37. The first-order chi connectivity index (χ1) is 7.51. The molecule has 1 aromatic rings. The summed E-state index contributed by atoms with van der Waals surface area (Å²) in [4.78, 5) is 8.17. The molecule has 16 heavy (non-hydrogen) atoms. The van der Waals surface area contributed by atoms with Gasteiger partial charge in [-0.1, -0.05) is 13.3 Å². The second-order valence-corrected chi connectivity index (χ2v) is 7.20. The Kier molecular flexibility index (Phi) is 5.51. The highest BCUT2D eigenvalue weighted by Gasteiger charge is 2.06. The van der Waals surface area contributed by atoms with Crippen molar-refractivity contribution in [3.05, 3.63) is 18.1 Å². The smallest absolute Gasteiger partial charge is 0.233 e. The fourth-order valence-corrected chi connectivity index (χ4v) is 3.34. The van der Waals surface area contributed by atoms with E-state index in [1.165, 1.54) is 18.1 Å². The second kappa shape index (κ2) is 6.42. The van der Waals surface area contributed by atoms with Crippen LogP contribution >= 0.6 is 22.4 Å². The van der Waals surface area contributed by atoms with Crippen LogP contribution < -0.4 is 0 Å². The standard InChI is InChI=1S/C9H13ClN2O2S2/c1-2-3-8-6-9(12-7-11-8)15-4-5-16(10,13)14/h6-7H,2-5H2,1H3. The van der Waals surface area contributed by atoms with Crippen LogP contribution in [0.15, 0.2) is 17.4 Å². The first-order valence-electron chi connectivity index (χ1n) is 4.87. The van der Waals surface area contributed by atoms with Crippen molar-refractivity contribution in [1.29, 1.82) is 0 Å². The number of halogens is 1. The molecule has 0 aliphatic carbocycles. The summed E-state index contributed by atoms with van der Waals surface area (Å²) in [6.45, 7) is 2.08. The minimum Gasteiger partial charge on any atom is -0.241 e. The van der Waals surface area contributed by atoms with Crippen LogP contribution in [0, 0.1) is 0 Å². The zero-order valence-electron chi connectivity index (χ0n) is 8.89. The average molecular weight is 281 g/mol. The molecule has 1 rings (SSSR count). The summed E-state index contributed by atoms with van der Waals surface area (Å²) in [7, 11) is 1.70. The van der Waals surface area contributed by atoms with Gasteiger partial charge in [-0.15, -0.1) is 11.8 Å². The molecule has 0 aliphatic heterocycles. The van der Waals surface area contributed by atoms with Crippen molar-refractivity contribution in [2.45, 2.75) is 24.8 Å². The van der Waals surface area contributed by atoms with Gasteiger partial charge in [-0.25, -0.2) is 18.4 Å². The van der Waals surface area contributed by atoms with Crippen LogP contribution in [-0.4, -0.2) is 29.9 Å². The van der Waals surface area contributed by atoms with Crippen LogP contribution in [0.5, 0.6) is 0 Å². The predicted molar refractivity (Wildman–Crippen MR) is 66.4 cm³/mol. The highest BCUT2D eigenvalue weighted by molar-refractivity contribution is 8.14. The zero-order chi connectivity index (χ0) is 12.0. The number of aryl methyl sites for hydroxylation is 1. The van der Waals surface area contributed by atoms with Crippen molar-refractivity contribution >= 4 is 31.5 Å². The molecule has 0 spiro atoms. The normalized spacial score (nSPS) is 11.6. The van der Waals surface area contributed by atoms with Crippen molar-refractivity contribution in [3.63, 3.8) is 0 Å². The Morgan fingerprint density at radius 2 is 2.19 bits per heavy atom. The molecule has 0 bridgehead atoms. The molecule has 4 nitrogen and oxygen atoms in total. The lowest BCUT2D eigenvalue weighted by Gasteiger charge is -2.01. The molecule has 0 fully saturated rings. The van der Waals surface area contributed by atoms with E-state index < -0.39 is 9.05 Å². The third-order valence-electron chi connectivity index (χ3n) is 1.78. The third kappa shape index (κ3) is 5.67. The highest BCUT2D eigenvalue weighted by atomic mass is 35.7. The first kappa shape index (κ1) is 13.7. The maximum Gasteiger partial charge on any atom is 0.233 e. The Bertz CT molecular complexity index is 437. The molecule has 0 amide bonds. The number of hydrogen-bond donors (Lipinski definition) is 0. The van der Waals surface area contributed by atoms with Crippen molar-refractivity contribution < 1.29 is 8.42 Å². The number of rotatable bonds is 6. The fraction of sp³-hybridized carbons (Fsp3) is 0.556. The quantitative estimate of drug-likeness (QED) is 0.454. The van der Waals surface area contributed by atoms with E-state index in [-0.39, 0.29) is 5.75 Å². The van der Waals surface area contributed by atoms with Crippen LogP contribution in [-0.2, 0) is 15.5 Å². The summed E-state index contributed by atoms with van der Waals surface area (Å²) < 4.78 is 21.4. The molecular weight excluding hydrogens is 268 g/mol. The van der Waals surface area contributed by atoms with Gasteiger partial charge >= 0.3 is 0 Å². The Hall–Kier alpha value is -0.330. The van der Waals surface area contributed by atoms with Gasteiger partial charge in [-0.2, -0.15) is 0 Å². The van der Waals surface area contributed by atoms with E-state index in [0.717, 1.165) is 23.6 Å². The highest BCUT2D eigenvalue weighted by Crippen LogP contribution is 2.16. The van der Waals surface area contributed by atoms with E-state index in [1.807, 2.05) is 6.07 Å². The maximum absolute atomic E-state index is 10.7. The molecule has 1 heterocycles. The van der Waals surface area contributed by atoms with Gasteiger partial charge in [-0.05, 0) is 12.5 Å². The molecule has 0 N–H and O–H groups in total. The fourth-order valence-electron chi connectivity index (χ4n) is 1.09. The monoisotopic (exact) mass is 280 g/mol. The summed E-state index contributed by atoms with van der Waals surface area (Å²) in [6, 6.07) is 1.88. The molecule has 1 aromatic heterocycles. The summed E-state index contributed by atoms with van der Waals surface area (Å²) in [6.07, 6.45) is 3.43. The molecule has 0 saturated heterocycles. The third-order valence-corrected chi connectivity index (χ3v) is 4.12. The van der Waals surface area contributed by atoms with Crippen molar-refractivity contribution in [1.82, 2.24) is 9.97 Å². The minimum absolute atomic E-state index is 0.0493. The number of hydrogen-bond acceptors (Lipinski definition) is 5. The van der Waals surface area contributed by atoms with E-state index >= 15 is 0 Å². The van der Waals surface area contributed by atoms with Crippen molar-refractivity contribution in [2.24, 2.45) is 0 Å². The lowest BCUT2D eigenvalue weighted by atomic mass is 10.2. The molecule has 0 aliphatic rings. The van der Waals surface area contributed by atoms with Gasteiger partial charge in [0.2, 0.25) is 9.05 Å². The summed E-state index contributed by atoms with van der Waals surface area (Å²) in [5, 5.41) is 0.791. The second-order valence-electron chi connectivity index (χ2n) is 3.19. The number of aromatic nitrogens is 2. The Morgan fingerprint density at radius 1 is 1.44 bits per heavy atom. The maximum atomic E-state index is 10.7. The molecule has 0 unspecified atom stereocenters. The van der Waals surface area contributed by atoms with Gasteiger partial charge in [0.05, 0.1) is 10.8 Å². The van der Waals surface area contributed by atoms with Gasteiger partial charge in [-0.3, -0.25) is 0 Å². The zero-order valence-corrected chi connectivity index (χ0v) is 11.3. The van der Waals surface area contributed by atoms with Gasteiger partial charge in [0, 0.05) is 22.1 Å². The molecule has 90 valence electrons. The van der Waals surface area contributed by atoms with Gasteiger partial charge in [0.15, 0.2) is 0 Å². The first-order valence-corrected chi connectivity index (χ1v) is 8.33. The number of thioether (sulfide) groups is 1. The van der Waals surface area contributed by atoms with E-state index in [0.29, 0.717) is 5.75 Å². The Labute approximate surface area is 104 Å². The van der Waals surface area contributed by atoms with Crippen LogP contribution in [0.25, 0.3) is 0 Å². The van der Waals surface area contributed by atoms with Crippen LogP contribution in [0.2, 0.25) is 0 Å². The lowest BCUT2D eigenvalue weighted by molar-refractivity contribution is 0.611. The van der Waals surface area contributed by atoms with Crippen LogP contribution in [0.3, 0.4) is 0 Å². The SMILES string of the molecule is CCCc1cc(SCCS(=O)(=O)Cl)ncn1. The van der Waals surface area contributed by atoms with Gasteiger partial charge in [0.1, 0.15) is 6.33 Å². The molecule has 0 radical (unpaired) electrons. The number of nitrogens with zero attached hydrogens (tertiary/aromatic N) is 2. The summed E-state index contributed by atoms with van der Waals surface area (Å²) in [5.41, 5.74) is 0.980. The van der Waals surface area contributed by atoms with E-state index in [9.17, 15) is 8.42 Å². The van der Waals surface area contributed by atoms with Crippen molar-refractivity contribution in [3.8, 4) is 0 Å². The Balaban J connectivity index is 2.51. The van der Waals surface area contributed by atoms with E-state index in [2.05, 4.69) is 16.9 Å².